The molecule has 12 heteroatoms. The van der Waals surface area contributed by atoms with E-state index in [9.17, 15) is 19.7 Å². The van der Waals surface area contributed by atoms with Gasteiger partial charge in [0.2, 0.25) is 5.13 Å². The first kappa shape index (κ1) is 26.2. The number of aromatic nitrogens is 2. The summed E-state index contributed by atoms with van der Waals surface area (Å²) >= 11 is 1.14. The van der Waals surface area contributed by atoms with Crippen molar-refractivity contribution in [3.8, 4) is 22.1 Å². The van der Waals surface area contributed by atoms with Gasteiger partial charge in [-0.15, -0.1) is 10.2 Å². The average Bonchev–Trinajstić information content (AvgIpc) is 3.38. The first-order valence-electron chi connectivity index (χ1n) is 11.6. The van der Waals surface area contributed by atoms with E-state index in [0.717, 1.165) is 11.3 Å². The van der Waals surface area contributed by atoms with Gasteiger partial charge in [0.25, 0.3) is 17.5 Å². The van der Waals surface area contributed by atoms with Crippen molar-refractivity contribution in [1.82, 2.24) is 10.2 Å². The third kappa shape index (κ3) is 6.28. The monoisotopic (exact) mass is 533 g/mol. The molecule has 0 atom stereocenters. The first-order chi connectivity index (χ1) is 18.4. The van der Waals surface area contributed by atoms with Gasteiger partial charge < -0.3 is 14.8 Å². The van der Waals surface area contributed by atoms with Gasteiger partial charge in [0.05, 0.1) is 18.1 Å². The SMILES string of the molecule is CCOc1ccc(C(=O)Nc2ccc(C(=O)Nc3nnc(-c4ccc([N+](=O)[O-])cc4)s3)cc2)cc1OCC. The largest absolute Gasteiger partial charge is 0.490 e. The number of anilines is 2. The molecule has 4 aromatic rings. The van der Waals surface area contributed by atoms with E-state index in [2.05, 4.69) is 20.8 Å². The zero-order valence-electron chi connectivity index (χ0n) is 20.5. The van der Waals surface area contributed by atoms with Crippen LogP contribution >= 0.6 is 11.3 Å². The lowest BCUT2D eigenvalue weighted by atomic mass is 10.1. The number of amides is 2. The number of nitro benzene ring substituents is 1. The summed E-state index contributed by atoms with van der Waals surface area (Å²) < 4.78 is 11.1. The van der Waals surface area contributed by atoms with Crippen molar-refractivity contribution in [2.75, 3.05) is 23.8 Å². The van der Waals surface area contributed by atoms with Gasteiger partial charge in [-0.05, 0) is 68.4 Å². The quantitative estimate of drug-likeness (QED) is 0.203. The molecule has 38 heavy (non-hydrogen) atoms. The summed E-state index contributed by atoms with van der Waals surface area (Å²) in [5, 5.41) is 25.1. The molecule has 4 rings (SSSR count). The second-order valence-electron chi connectivity index (χ2n) is 7.73. The number of nitrogens with one attached hydrogen (secondary N) is 2. The van der Waals surface area contributed by atoms with E-state index in [0.29, 0.717) is 52.1 Å². The van der Waals surface area contributed by atoms with Crippen LogP contribution in [-0.2, 0) is 0 Å². The lowest BCUT2D eigenvalue weighted by Crippen LogP contribution is -2.14. The molecule has 0 aliphatic rings. The summed E-state index contributed by atoms with van der Waals surface area (Å²) in [4.78, 5) is 35.7. The number of ether oxygens (including phenoxy) is 2. The molecule has 0 spiro atoms. The minimum absolute atomic E-state index is 0.0267. The maximum Gasteiger partial charge on any atom is 0.269 e. The second-order valence-corrected chi connectivity index (χ2v) is 8.71. The fraction of sp³-hybridized carbons (Fsp3) is 0.154. The Morgan fingerprint density at radius 3 is 2.13 bits per heavy atom. The molecule has 194 valence electrons. The maximum atomic E-state index is 12.7. The van der Waals surface area contributed by atoms with Gasteiger partial charge in [0, 0.05) is 34.5 Å². The third-order valence-corrected chi connectivity index (χ3v) is 6.07. The molecule has 0 bridgehead atoms. The fourth-order valence-corrected chi connectivity index (χ4v) is 4.13. The average molecular weight is 534 g/mol. The van der Waals surface area contributed by atoms with Gasteiger partial charge in [0.1, 0.15) is 5.01 Å². The molecule has 0 radical (unpaired) electrons. The summed E-state index contributed by atoms with van der Waals surface area (Å²) in [5.74, 6) is 0.319. The number of hydrogen-bond acceptors (Lipinski definition) is 9. The van der Waals surface area contributed by atoms with Crippen LogP contribution < -0.4 is 20.1 Å². The summed E-state index contributed by atoms with van der Waals surface area (Å²) in [6, 6.07) is 17.3. The van der Waals surface area contributed by atoms with E-state index in [1.807, 2.05) is 13.8 Å². The molecule has 0 saturated heterocycles. The summed E-state index contributed by atoms with van der Waals surface area (Å²) in [7, 11) is 0. The van der Waals surface area contributed by atoms with Crippen molar-refractivity contribution < 1.29 is 24.0 Å². The van der Waals surface area contributed by atoms with Gasteiger partial charge in [0.15, 0.2) is 11.5 Å². The number of non-ortho nitro benzene ring substituents is 1. The molecule has 3 aromatic carbocycles. The Morgan fingerprint density at radius 2 is 1.47 bits per heavy atom. The Bertz CT molecular complexity index is 1450. The lowest BCUT2D eigenvalue weighted by Gasteiger charge is -2.12. The van der Waals surface area contributed by atoms with Crippen LogP contribution in [0.3, 0.4) is 0 Å². The van der Waals surface area contributed by atoms with Crippen LogP contribution in [0.15, 0.2) is 66.7 Å². The summed E-state index contributed by atoms with van der Waals surface area (Å²) in [5.41, 5.74) is 1.89. The standard InChI is InChI=1S/C26H23N5O6S/c1-3-36-21-14-9-18(15-22(21)37-4-2)24(33)27-19-10-5-16(6-11-19)23(32)28-26-30-29-25(38-26)17-7-12-20(13-8-17)31(34)35/h5-15H,3-4H2,1-2H3,(H,27,33)(H,28,30,32). The zero-order chi connectivity index (χ0) is 27.1. The van der Waals surface area contributed by atoms with Crippen molar-refractivity contribution in [2.24, 2.45) is 0 Å². The second kappa shape index (κ2) is 11.9. The van der Waals surface area contributed by atoms with Crippen molar-refractivity contribution in [2.45, 2.75) is 13.8 Å². The van der Waals surface area contributed by atoms with E-state index >= 15 is 0 Å². The topological polar surface area (TPSA) is 146 Å². The number of carbonyl (C=O) groups is 2. The van der Waals surface area contributed by atoms with E-state index in [-0.39, 0.29) is 16.7 Å². The number of rotatable bonds is 10. The number of benzene rings is 3. The molecular formula is C26H23N5O6S. The van der Waals surface area contributed by atoms with Gasteiger partial charge in [-0.3, -0.25) is 25.0 Å². The molecule has 2 amide bonds. The Hall–Kier alpha value is -4.84. The molecule has 1 heterocycles. The predicted molar refractivity (Wildman–Crippen MR) is 143 cm³/mol. The molecule has 0 aliphatic heterocycles. The molecule has 0 aliphatic carbocycles. The molecule has 11 nitrogen and oxygen atoms in total. The van der Waals surface area contributed by atoms with Crippen molar-refractivity contribution in [3.05, 3.63) is 88.0 Å². The first-order valence-corrected chi connectivity index (χ1v) is 12.4. The molecular weight excluding hydrogens is 510 g/mol. The van der Waals surface area contributed by atoms with Crippen molar-refractivity contribution in [3.63, 3.8) is 0 Å². The van der Waals surface area contributed by atoms with Crippen LogP contribution in [-0.4, -0.2) is 40.1 Å². The molecule has 2 N–H and O–H groups in total. The highest BCUT2D eigenvalue weighted by atomic mass is 32.1. The van der Waals surface area contributed by atoms with E-state index in [1.165, 1.54) is 12.1 Å². The van der Waals surface area contributed by atoms with E-state index in [4.69, 9.17) is 9.47 Å². The normalized spacial score (nSPS) is 10.5. The summed E-state index contributed by atoms with van der Waals surface area (Å²) in [6.07, 6.45) is 0. The van der Waals surface area contributed by atoms with Crippen molar-refractivity contribution in [1.29, 1.82) is 0 Å². The minimum atomic E-state index is -0.481. The van der Waals surface area contributed by atoms with E-state index < -0.39 is 10.8 Å². The van der Waals surface area contributed by atoms with Crippen molar-refractivity contribution >= 4 is 39.7 Å². The van der Waals surface area contributed by atoms with Crippen LogP contribution in [0, 0.1) is 10.1 Å². The van der Waals surface area contributed by atoms with Gasteiger partial charge in [-0.25, -0.2) is 0 Å². The highest BCUT2D eigenvalue weighted by Crippen LogP contribution is 2.30. The Morgan fingerprint density at radius 1 is 0.842 bits per heavy atom. The van der Waals surface area contributed by atoms with Crippen LogP contribution in [0.4, 0.5) is 16.5 Å². The van der Waals surface area contributed by atoms with Gasteiger partial charge >= 0.3 is 0 Å². The Balaban J connectivity index is 1.38. The molecule has 0 fully saturated rings. The van der Waals surface area contributed by atoms with Crippen LogP contribution in [0.2, 0.25) is 0 Å². The minimum Gasteiger partial charge on any atom is -0.490 e. The van der Waals surface area contributed by atoms with Crippen LogP contribution in [0.25, 0.3) is 10.6 Å². The van der Waals surface area contributed by atoms with Gasteiger partial charge in [-0.1, -0.05) is 11.3 Å². The molecule has 1 aromatic heterocycles. The van der Waals surface area contributed by atoms with E-state index in [1.54, 1.807) is 54.6 Å². The third-order valence-electron chi connectivity index (χ3n) is 5.18. The van der Waals surface area contributed by atoms with Crippen LogP contribution in [0.5, 0.6) is 11.5 Å². The smallest absolute Gasteiger partial charge is 0.269 e. The highest BCUT2D eigenvalue weighted by molar-refractivity contribution is 7.18. The predicted octanol–water partition coefficient (Wildman–Crippen LogP) is 5.42. The van der Waals surface area contributed by atoms with Gasteiger partial charge in [-0.2, -0.15) is 0 Å². The molecule has 0 saturated carbocycles. The maximum absolute atomic E-state index is 12.7. The number of nitro groups is 1. The zero-order valence-corrected chi connectivity index (χ0v) is 21.3. The summed E-state index contributed by atoms with van der Waals surface area (Å²) in [6.45, 7) is 4.63. The Kier molecular flexibility index (Phi) is 8.23. The number of hydrogen-bond donors (Lipinski definition) is 2. The van der Waals surface area contributed by atoms with Crippen LogP contribution in [0.1, 0.15) is 34.6 Å². The highest BCUT2D eigenvalue weighted by Gasteiger charge is 2.15. The number of nitrogens with zero attached hydrogens (tertiary/aromatic N) is 3. The Labute approximate surface area is 221 Å². The fourth-order valence-electron chi connectivity index (χ4n) is 3.39. The number of carbonyl (C=O) groups excluding carboxylic acids is 2. The lowest BCUT2D eigenvalue weighted by molar-refractivity contribution is -0.384. The molecule has 0 unspecified atom stereocenters.